The molecule has 0 saturated heterocycles. The summed E-state index contributed by atoms with van der Waals surface area (Å²) in [5.41, 5.74) is 9.43. The van der Waals surface area contributed by atoms with E-state index in [-0.39, 0.29) is 16.5 Å². The lowest BCUT2D eigenvalue weighted by Gasteiger charge is -2.36. The molecule has 37 heavy (non-hydrogen) atoms. The van der Waals surface area contributed by atoms with Crippen molar-refractivity contribution in [1.29, 1.82) is 0 Å². The molecular weight excluding hydrogens is 480 g/mol. The first-order valence-electron chi connectivity index (χ1n) is 12.7. The number of benzene rings is 2. The number of nitrogens with two attached hydrogens (primary N) is 1. The molecule has 0 atom stereocenters. The monoisotopic (exact) mass is 516 g/mol. The van der Waals surface area contributed by atoms with Crippen molar-refractivity contribution in [2.45, 2.75) is 51.7 Å². The van der Waals surface area contributed by atoms with Gasteiger partial charge >= 0.3 is 0 Å². The number of carbonyl (C=O) groups is 1. The van der Waals surface area contributed by atoms with Crippen LogP contribution in [0.5, 0.6) is 0 Å². The molecule has 4 aromatic rings. The lowest BCUT2D eigenvalue weighted by molar-refractivity contribution is 0.0953. The highest BCUT2D eigenvalue weighted by Crippen LogP contribution is 2.36. The zero-order valence-corrected chi connectivity index (χ0v) is 23.3. The number of anilines is 1. The SMILES string of the molecule is CC(C)(C)[Si](C)(C)OCCCCNC(=O)c1cccn2c(=O)c3cc(-c4cccc(N)c4)ccc3nc12. The van der Waals surface area contributed by atoms with Gasteiger partial charge in [-0.15, -0.1) is 0 Å². The van der Waals surface area contributed by atoms with Gasteiger partial charge in [-0.1, -0.05) is 39.0 Å². The molecule has 2 aromatic carbocycles. The van der Waals surface area contributed by atoms with Crippen LogP contribution in [0.25, 0.3) is 27.7 Å². The van der Waals surface area contributed by atoms with Crippen LogP contribution in [0, 0.1) is 0 Å². The molecule has 3 N–H and O–H groups in total. The molecule has 0 saturated carbocycles. The van der Waals surface area contributed by atoms with E-state index in [1.54, 1.807) is 18.3 Å². The van der Waals surface area contributed by atoms with Gasteiger partial charge in [-0.3, -0.25) is 14.0 Å². The summed E-state index contributed by atoms with van der Waals surface area (Å²) in [4.78, 5) is 31.0. The lowest BCUT2D eigenvalue weighted by atomic mass is 10.0. The normalized spacial score (nSPS) is 12.2. The van der Waals surface area contributed by atoms with Crippen LogP contribution in [0.2, 0.25) is 18.1 Å². The van der Waals surface area contributed by atoms with Crippen LogP contribution in [0.3, 0.4) is 0 Å². The van der Waals surface area contributed by atoms with Gasteiger partial charge in [-0.05, 0) is 78.5 Å². The summed E-state index contributed by atoms with van der Waals surface area (Å²) in [6.45, 7) is 12.4. The molecular formula is C29H36N4O3Si. The van der Waals surface area contributed by atoms with Crippen molar-refractivity contribution >= 4 is 36.5 Å². The van der Waals surface area contributed by atoms with Crippen LogP contribution in [0.15, 0.2) is 65.6 Å². The lowest BCUT2D eigenvalue weighted by Crippen LogP contribution is -2.41. The Morgan fingerprint density at radius 3 is 2.54 bits per heavy atom. The van der Waals surface area contributed by atoms with E-state index >= 15 is 0 Å². The minimum atomic E-state index is -1.76. The fraction of sp³-hybridized carbons (Fsp3) is 0.345. The van der Waals surface area contributed by atoms with Crippen LogP contribution >= 0.6 is 0 Å². The summed E-state index contributed by atoms with van der Waals surface area (Å²) < 4.78 is 7.65. The number of unbranched alkanes of at least 4 members (excludes halogenated alkanes) is 1. The van der Waals surface area contributed by atoms with Gasteiger partial charge in [0.15, 0.2) is 14.0 Å². The van der Waals surface area contributed by atoms with E-state index in [2.05, 4.69) is 44.2 Å². The standard InChI is InChI=1S/C29H36N4O3Si/c1-29(2,3)37(4,5)36-17-7-6-15-31-27(34)23-12-9-16-33-26(23)32-25-14-13-21(19-24(25)28(33)35)20-10-8-11-22(30)18-20/h8-14,16,18-19H,6-7,15,17,30H2,1-5H3,(H,31,34). The number of amides is 1. The maximum atomic E-state index is 13.4. The van der Waals surface area contributed by atoms with Gasteiger partial charge in [0.05, 0.1) is 16.5 Å². The smallest absolute Gasteiger partial charge is 0.265 e. The van der Waals surface area contributed by atoms with Gasteiger partial charge in [0.25, 0.3) is 11.5 Å². The molecule has 0 fully saturated rings. The minimum Gasteiger partial charge on any atom is -0.417 e. The first-order valence-corrected chi connectivity index (χ1v) is 15.6. The Morgan fingerprint density at radius 2 is 1.81 bits per heavy atom. The molecule has 8 heteroatoms. The zero-order chi connectivity index (χ0) is 26.8. The first-order chi connectivity index (χ1) is 17.5. The number of fused-ring (bicyclic) bond motifs is 2. The third-order valence-electron chi connectivity index (χ3n) is 7.23. The quantitative estimate of drug-likeness (QED) is 0.137. The average Bonchev–Trinajstić information content (AvgIpc) is 2.85. The Kier molecular flexibility index (Phi) is 7.52. The molecule has 0 bridgehead atoms. The number of nitrogen functional groups attached to an aromatic ring is 1. The number of nitrogens with zero attached hydrogens (tertiary/aromatic N) is 2. The molecule has 0 aliphatic carbocycles. The van der Waals surface area contributed by atoms with E-state index < -0.39 is 8.32 Å². The van der Waals surface area contributed by atoms with Crippen molar-refractivity contribution in [3.63, 3.8) is 0 Å². The van der Waals surface area contributed by atoms with E-state index in [1.807, 2.05) is 42.5 Å². The zero-order valence-electron chi connectivity index (χ0n) is 22.3. The Balaban J connectivity index is 1.49. The van der Waals surface area contributed by atoms with E-state index in [9.17, 15) is 9.59 Å². The summed E-state index contributed by atoms with van der Waals surface area (Å²) in [7, 11) is -1.76. The van der Waals surface area contributed by atoms with Crippen LogP contribution in [-0.4, -0.2) is 36.8 Å². The summed E-state index contributed by atoms with van der Waals surface area (Å²) in [6, 6.07) is 16.5. The fourth-order valence-corrected chi connectivity index (χ4v) is 5.06. The van der Waals surface area contributed by atoms with Crippen LogP contribution in [0.1, 0.15) is 44.0 Å². The van der Waals surface area contributed by atoms with Gasteiger partial charge < -0.3 is 15.5 Å². The second-order valence-corrected chi connectivity index (χ2v) is 15.8. The molecule has 4 rings (SSSR count). The topological polar surface area (TPSA) is 98.7 Å². The van der Waals surface area contributed by atoms with Crippen molar-refractivity contribution in [3.8, 4) is 11.1 Å². The highest BCUT2D eigenvalue weighted by molar-refractivity contribution is 6.74. The second-order valence-electron chi connectivity index (χ2n) is 11.0. The summed E-state index contributed by atoms with van der Waals surface area (Å²) in [5.74, 6) is -0.244. The highest BCUT2D eigenvalue weighted by Gasteiger charge is 2.36. The summed E-state index contributed by atoms with van der Waals surface area (Å²) in [5, 5.41) is 3.64. The van der Waals surface area contributed by atoms with Crippen LogP contribution < -0.4 is 16.6 Å². The molecule has 0 aliphatic rings. The van der Waals surface area contributed by atoms with Crippen molar-refractivity contribution in [1.82, 2.24) is 14.7 Å². The molecule has 1 amide bonds. The summed E-state index contributed by atoms with van der Waals surface area (Å²) >= 11 is 0. The van der Waals surface area contributed by atoms with Gasteiger partial charge in [-0.25, -0.2) is 4.98 Å². The Morgan fingerprint density at radius 1 is 1.05 bits per heavy atom. The van der Waals surface area contributed by atoms with Gasteiger partial charge in [0.2, 0.25) is 0 Å². The van der Waals surface area contributed by atoms with E-state index in [1.165, 1.54) is 4.40 Å². The number of hydrogen-bond donors (Lipinski definition) is 2. The average molecular weight is 517 g/mol. The molecule has 0 spiro atoms. The Hall–Kier alpha value is -3.49. The third-order valence-corrected chi connectivity index (χ3v) is 11.8. The number of nitrogens with one attached hydrogen (secondary N) is 1. The van der Waals surface area contributed by atoms with Crippen LogP contribution in [-0.2, 0) is 4.43 Å². The predicted octanol–water partition coefficient (Wildman–Crippen LogP) is 5.63. The van der Waals surface area contributed by atoms with Crippen molar-refractivity contribution in [3.05, 3.63) is 76.7 Å². The van der Waals surface area contributed by atoms with Crippen molar-refractivity contribution < 1.29 is 9.22 Å². The minimum absolute atomic E-state index is 0.182. The number of hydrogen-bond acceptors (Lipinski definition) is 5. The van der Waals surface area contributed by atoms with Gasteiger partial charge in [-0.2, -0.15) is 0 Å². The molecule has 7 nitrogen and oxygen atoms in total. The maximum absolute atomic E-state index is 13.4. The van der Waals surface area contributed by atoms with E-state index in [0.717, 1.165) is 24.0 Å². The van der Waals surface area contributed by atoms with Crippen molar-refractivity contribution in [2.75, 3.05) is 18.9 Å². The number of carbonyl (C=O) groups excluding carboxylic acids is 1. The number of aromatic nitrogens is 2. The predicted molar refractivity (Wildman–Crippen MR) is 154 cm³/mol. The van der Waals surface area contributed by atoms with Gasteiger partial charge in [0.1, 0.15) is 0 Å². The summed E-state index contributed by atoms with van der Waals surface area (Å²) in [6.07, 6.45) is 3.33. The number of pyridine rings is 1. The fourth-order valence-electron chi connectivity index (χ4n) is 3.97. The van der Waals surface area contributed by atoms with Gasteiger partial charge in [0, 0.05) is 25.0 Å². The molecule has 194 valence electrons. The van der Waals surface area contributed by atoms with E-state index in [0.29, 0.717) is 41.0 Å². The molecule has 0 radical (unpaired) electrons. The Bertz CT molecular complexity index is 1510. The van der Waals surface area contributed by atoms with E-state index in [4.69, 9.17) is 10.2 Å². The second kappa shape index (κ2) is 10.5. The molecule has 0 aliphatic heterocycles. The van der Waals surface area contributed by atoms with Crippen molar-refractivity contribution in [2.24, 2.45) is 0 Å². The third kappa shape index (κ3) is 5.75. The first kappa shape index (κ1) is 26.6. The van der Waals surface area contributed by atoms with Crippen LogP contribution in [0.4, 0.5) is 5.69 Å². The Labute approximate surface area is 218 Å². The molecule has 2 heterocycles. The molecule has 2 aromatic heterocycles. The maximum Gasteiger partial charge on any atom is 0.265 e. The highest BCUT2D eigenvalue weighted by atomic mass is 28.4. The number of rotatable bonds is 8. The largest absolute Gasteiger partial charge is 0.417 e. The molecule has 0 unspecified atom stereocenters.